The molecule has 1 saturated heterocycles. The Bertz CT molecular complexity index is 874. The third-order valence-electron chi connectivity index (χ3n) is 5.34. The van der Waals surface area contributed by atoms with Crippen LogP contribution in [0.4, 0.5) is 0 Å². The quantitative estimate of drug-likeness (QED) is 0.658. The maximum atomic E-state index is 12.4. The molecule has 1 aliphatic heterocycles. The van der Waals surface area contributed by atoms with Gasteiger partial charge in [0.25, 0.3) is 0 Å². The molecule has 0 aliphatic carbocycles. The molecule has 0 radical (unpaired) electrons. The molecule has 1 aliphatic rings. The minimum Gasteiger partial charge on any atom is -0.467 e. The standard InChI is InChI=1S/C22H25N3O3/c26-22(24-15-20-7-4-10-27-20)12-17-8-9-23-14-18(17)11-19-13-21(28-25-19)16-5-2-1-3-6-16/h1-7,10,13,17-18,23H,8-9,11-12,14-15H2,(H,24,26)/t17-,18+/m0/s1. The van der Waals surface area contributed by atoms with Gasteiger partial charge in [0.1, 0.15) is 5.76 Å². The second-order valence-electron chi connectivity index (χ2n) is 7.33. The van der Waals surface area contributed by atoms with Gasteiger partial charge in [0.05, 0.1) is 18.5 Å². The summed E-state index contributed by atoms with van der Waals surface area (Å²) in [6, 6.07) is 15.7. The SMILES string of the molecule is O=C(C[C@@H]1CCNC[C@H]1Cc1cc(-c2ccccc2)on1)NCc1ccco1. The van der Waals surface area contributed by atoms with Gasteiger partial charge in [-0.05, 0) is 49.9 Å². The summed E-state index contributed by atoms with van der Waals surface area (Å²) in [5.74, 6) is 2.31. The van der Waals surface area contributed by atoms with E-state index in [1.807, 2.05) is 48.5 Å². The van der Waals surface area contributed by atoms with Crippen LogP contribution in [0.25, 0.3) is 11.3 Å². The summed E-state index contributed by atoms with van der Waals surface area (Å²) < 4.78 is 10.8. The molecule has 28 heavy (non-hydrogen) atoms. The number of carbonyl (C=O) groups excluding carboxylic acids is 1. The zero-order valence-electron chi connectivity index (χ0n) is 15.8. The molecule has 2 atom stereocenters. The maximum absolute atomic E-state index is 12.4. The van der Waals surface area contributed by atoms with E-state index in [0.29, 0.717) is 24.8 Å². The van der Waals surface area contributed by atoms with Crippen LogP contribution in [0.1, 0.15) is 24.3 Å². The number of hydrogen-bond acceptors (Lipinski definition) is 5. The molecule has 146 valence electrons. The first-order valence-corrected chi connectivity index (χ1v) is 9.79. The van der Waals surface area contributed by atoms with Crippen LogP contribution in [-0.4, -0.2) is 24.2 Å². The van der Waals surface area contributed by atoms with Gasteiger partial charge in [-0.1, -0.05) is 35.5 Å². The lowest BCUT2D eigenvalue weighted by molar-refractivity contribution is -0.122. The number of benzene rings is 1. The van der Waals surface area contributed by atoms with Crippen molar-refractivity contribution in [3.05, 3.63) is 66.2 Å². The Morgan fingerprint density at radius 2 is 2.07 bits per heavy atom. The topological polar surface area (TPSA) is 80.3 Å². The van der Waals surface area contributed by atoms with Crippen LogP contribution in [0.3, 0.4) is 0 Å². The smallest absolute Gasteiger partial charge is 0.220 e. The first kappa shape index (κ1) is 18.5. The van der Waals surface area contributed by atoms with Crippen LogP contribution in [0.15, 0.2) is 63.7 Å². The molecular weight excluding hydrogens is 354 g/mol. The van der Waals surface area contributed by atoms with Gasteiger partial charge in [-0.15, -0.1) is 0 Å². The Morgan fingerprint density at radius 3 is 2.89 bits per heavy atom. The highest BCUT2D eigenvalue weighted by atomic mass is 16.5. The van der Waals surface area contributed by atoms with Crippen LogP contribution in [0, 0.1) is 11.8 Å². The molecule has 1 amide bonds. The predicted molar refractivity (Wildman–Crippen MR) is 105 cm³/mol. The van der Waals surface area contributed by atoms with Crippen molar-refractivity contribution in [1.82, 2.24) is 15.8 Å². The minimum absolute atomic E-state index is 0.0680. The molecular formula is C22H25N3O3. The molecule has 4 rings (SSSR count). The molecule has 1 fully saturated rings. The van der Waals surface area contributed by atoms with E-state index in [1.54, 1.807) is 6.26 Å². The molecule has 2 N–H and O–H groups in total. The third kappa shape index (κ3) is 4.70. The third-order valence-corrected chi connectivity index (χ3v) is 5.34. The normalized spacial score (nSPS) is 19.4. The monoisotopic (exact) mass is 379 g/mol. The average molecular weight is 379 g/mol. The van der Waals surface area contributed by atoms with Crippen molar-refractivity contribution in [2.45, 2.75) is 25.8 Å². The highest BCUT2D eigenvalue weighted by Gasteiger charge is 2.28. The number of aromatic nitrogens is 1. The van der Waals surface area contributed by atoms with Gasteiger partial charge in [0.15, 0.2) is 5.76 Å². The molecule has 0 unspecified atom stereocenters. The van der Waals surface area contributed by atoms with Crippen LogP contribution in [0.5, 0.6) is 0 Å². The average Bonchev–Trinajstić information content (AvgIpc) is 3.41. The Kier molecular flexibility index (Phi) is 5.87. The Labute approximate surface area is 164 Å². The van der Waals surface area contributed by atoms with E-state index in [1.165, 1.54) is 0 Å². The van der Waals surface area contributed by atoms with E-state index in [9.17, 15) is 4.79 Å². The molecule has 6 nitrogen and oxygen atoms in total. The Morgan fingerprint density at radius 1 is 1.18 bits per heavy atom. The van der Waals surface area contributed by atoms with Crippen LogP contribution >= 0.6 is 0 Å². The number of nitrogens with one attached hydrogen (secondary N) is 2. The van der Waals surface area contributed by atoms with Gasteiger partial charge in [0, 0.05) is 18.1 Å². The van der Waals surface area contributed by atoms with Crippen molar-refractivity contribution in [2.24, 2.45) is 11.8 Å². The number of furan rings is 1. The van der Waals surface area contributed by atoms with Gasteiger partial charge in [-0.25, -0.2) is 0 Å². The summed E-state index contributed by atoms with van der Waals surface area (Å²) >= 11 is 0. The fraction of sp³-hybridized carbons (Fsp3) is 0.364. The zero-order valence-corrected chi connectivity index (χ0v) is 15.8. The number of rotatable bonds is 7. The van der Waals surface area contributed by atoms with Crippen LogP contribution in [-0.2, 0) is 17.8 Å². The summed E-state index contributed by atoms with van der Waals surface area (Å²) in [6.45, 7) is 2.27. The van der Waals surface area contributed by atoms with E-state index in [0.717, 1.165) is 48.7 Å². The fourth-order valence-electron chi connectivity index (χ4n) is 3.81. The van der Waals surface area contributed by atoms with E-state index < -0.39 is 0 Å². The predicted octanol–water partition coefficient (Wildman–Crippen LogP) is 3.41. The van der Waals surface area contributed by atoms with E-state index in [2.05, 4.69) is 15.8 Å². The molecule has 0 bridgehead atoms. The van der Waals surface area contributed by atoms with Crippen molar-refractivity contribution < 1.29 is 13.7 Å². The first-order chi connectivity index (χ1) is 13.8. The summed E-state index contributed by atoms with van der Waals surface area (Å²) in [5.41, 5.74) is 1.96. The van der Waals surface area contributed by atoms with Gasteiger partial charge in [0.2, 0.25) is 5.91 Å². The lowest BCUT2D eigenvalue weighted by atomic mass is 9.81. The number of piperidine rings is 1. The summed E-state index contributed by atoms with van der Waals surface area (Å²) in [7, 11) is 0. The second kappa shape index (κ2) is 8.89. The Hall–Kier alpha value is -2.86. The zero-order chi connectivity index (χ0) is 19.2. The van der Waals surface area contributed by atoms with Crippen LogP contribution < -0.4 is 10.6 Å². The van der Waals surface area contributed by atoms with E-state index in [4.69, 9.17) is 8.94 Å². The highest BCUT2D eigenvalue weighted by molar-refractivity contribution is 5.76. The van der Waals surface area contributed by atoms with E-state index in [-0.39, 0.29) is 5.91 Å². The summed E-state index contributed by atoms with van der Waals surface area (Å²) in [6.07, 6.45) is 3.93. The lowest BCUT2D eigenvalue weighted by Gasteiger charge is -2.31. The second-order valence-corrected chi connectivity index (χ2v) is 7.33. The van der Waals surface area contributed by atoms with Crippen LogP contribution in [0.2, 0.25) is 0 Å². The molecule has 1 aromatic carbocycles. The van der Waals surface area contributed by atoms with Gasteiger partial charge < -0.3 is 19.6 Å². The molecule has 6 heteroatoms. The molecule has 0 spiro atoms. The fourth-order valence-corrected chi connectivity index (χ4v) is 3.81. The van der Waals surface area contributed by atoms with Crippen molar-refractivity contribution in [3.8, 4) is 11.3 Å². The number of nitrogens with zero attached hydrogens (tertiary/aromatic N) is 1. The maximum Gasteiger partial charge on any atom is 0.220 e. The number of carbonyl (C=O) groups is 1. The number of amides is 1. The van der Waals surface area contributed by atoms with Crippen molar-refractivity contribution >= 4 is 5.91 Å². The number of hydrogen-bond donors (Lipinski definition) is 2. The minimum atomic E-state index is 0.0680. The lowest BCUT2D eigenvalue weighted by Crippen LogP contribution is -2.40. The van der Waals surface area contributed by atoms with Gasteiger partial charge in [-0.3, -0.25) is 4.79 Å². The first-order valence-electron chi connectivity index (χ1n) is 9.79. The summed E-state index contributed by atoms with van der Waals surface area (Å²) in [5, 5.41) is 10.7. The molecule has 2 aromatic heterocycles. The van der Waals surface area contributed by atoms with E-state index >= 15 is 0 Å². The molecule has 3 heterocycles. The van der Waals surface area contributed by atoms with Crippen molar-refractivity contribution in [3.63, 3.8) is 0 Å². The van der Waals surface area contributed by atoms with Crippen molar-refractivity contribution in [1.29, 1.82) is 0 Å². The van der Waals surface area contributed by atoms with Gasteiger partial charge >= 0.3 is 0 Å². The van der Waals surface area contributed by atoms with Crippen molar-refractivity contribution in [2.75, 3.05) is 13.1 Å². The molecule has 3 aromatic rings. The Balaban J connectivity index is 1.34. The summed E-state index contributed by atoms with van der Waals surface area (Å²) in [4.78, 5) is 12.4. The largest absolute Gasteiger partial charge is 0.467 e. The van der Waals surface area contributed by atoms with Gasteiger partial charge in [-0.2, -0.15) is 0 Å². The highest BCUT2D eigenvalue weighted by Crippen LogP contribution is 2.28. The molecule has 0 saturated carbocycles.